The van der Waals surface area contributed by atoms with Crippen LogP contribution in [0.5, 0.6) is 0 Å². The predicted octanol–water partition coefficient (Wildman–Crippen LogP) is 0.660. The van der Waals surface area contributed by atoms with E-state index in [-0.39, 0.29) is 12.6 Å². The average molecular weight is 155 g/mol. The van der Waals surface area contributed by atoms with Crippen molar-refractivity contribution in [2.75, 3.05) is 0 Å². The molecular formula is C7H13N3O. The second-order valence-corrected chi connectivity index (χ2v) is 2.80. The van der Waals surface area contributed by atoms with Crippen LogP contribution in [-0.2, 0) is 6.61 Å². The van der Waals surface area contributed by atoms with Gasteiger partial charge in [-0.15, -0.1) is 0 Å². The van der Waals surface area contributed by atoms with Crippen molar-refractivity contribution < 1.29 is 5.11 Å². The van der Waals surface area contributed by atoms with Gasteiger partial charge in [-0.3, -0.25) is 0 Å². The summed E-state index contributed by atoms with van der Waals surface area (Å²) in [6.07, 6.45) is 0. The largest absolute Gasteiger partial charge is 0.390 e. The van der Waals surface area contributed by atoms with Crippen molar-refractivity contribution in [1.29, 1.82) is 0 Å². The smallest absolute Gasteiger partial charge is 0.111 e. The van der Waals surface area contributed by atoms with Crippen LogP contribution in [0.3, 0.4) is 0 Å². The Morgan fingerprint density at radius 2 is 2.09 bits per heavy atom. The highest BCUT2D eigenvalue weighted by atomic mass is 16.3. The minimum atomic E-state index is -0.0292. The monoisotopic (exact) mass is 155 g/mol. The molecule has 11 heavy (non-hydrogen) atoms. The van der Waals surface area contributed by atoms with Gasteiger partial charge in [0.15, 0.2) is 0 Å². The number of rotatable bonds is 2. The molecule has 0 aliphatic heterocycles. The fourth-order valence-corrected chi connectivity index (χ4v) is 0.807. The highest BCUT2D eigenvalue weighted by Crippen LogP contribution is 2.05. The maximum Gasteiger partial charge on any atom is 0.111 e. The van der Waals surface area contributed by atoms with E-state index in [9.17, 15) is 0 Å². The molecule has 0 spiro atoms. The van der Waals surface area contributed by atoms with Crippen molar-refractivity contribution in [2.45, 2.75) is 33.4 Å². The molecule has 0 aromatic carbocycles. The fraction of sp³-hybridized carbons (Fsp3) is 0.714. The van der Waals surface area contributed by atoms with E-state index in [1.807, 2.05) is 20.8 Å². The highest BCUT2D eigenvalue weighted by molar-refractivity contribution is 5.04. The van der Waals surface area contributed by atoms with E-state index in [1.165, 1.54) is 0 Å². The van der Waals surface area contributed by atoms with Gasteiger partial charge in [0.2, 0.25) is 0 Å². The van der Waals surface area contributed by atoms with Crippen molar-refractivity contribution in [2.24, 2.45) is 0 Å². The van der Waals surface area contributed by atoms with Crippen LogP contribution in [-0.4, -0.2) is 20.1 Å². The van der Waals surface area contributed by atoms with Gasteiger partial charge in [-0.25, -0.2) is 0 Å². The first-order chi connectivity index (χ1) is 5.15. The lowest BCUT2D eigenvalue weighted by atomic mass is 10.4. The Labute approximate surface area is 65.8 Å². The summed E-state index contributed by atoms with van der Waals surface area (Å²) in [7, 11) is 0. The number of nitrogens with zero attached hydrogens (tertiary/aromatic N) is 3. The second kappa shape index (κ2) is 3.00. The molecule has 0 bridgehead atoms. The average Bonchev–Trinajstić information content (AvgIpc) is 2.31. The first-order valence-electron chi connectivity index (χ1n) is 3.68. The summed E-state index contributed by atoms with van der Waals surface area (Å²) >= 11 is 0. The molecule has 1 heterocycles. The molecule has 1 aromatic heterocycles. The van der Waals surface area contributed by atoms with Crippen LogP contribution in [0, 0.1) is 6.92 Å². The van der Waals surface area contributed by atoms with E-state index >= 15 is 0 Å². The lowest BCUT2D eigenvalue weighted by Crippen LogP contribution is -2.05. The van der Waals surface area contributed by atoms with Crippen LogP contribution in [0.4, 0.5) is 0 Å². The van der Waals surface area contributed by atoms with Crippen LogP contribution < -0.4 is 0 Å². The molecule has 4 heteroatoms. The molecule has 0 unspecified atom stereocenters. The fourth-order valence-electron chi connectivity index (χ4n) is 0.807. The zero-order chi connectivity index (χ0) is 8.43. The van der Waals surface area contributed by atoms with E-state index < -0.39 is 0 Å². The molecule has 4 nitrogen and oxygen atoms in total. The quantitative estimate of drug-likeness (QED) is 0.682. The topological polar surface area (TPSA) is 50.9 Å². The van der Waals surface area contributed by atoms with Gasteiger partial charge in [-0.05, 0) is 20.8 Å². The van der Waals surface area contributed by atoms with Gasteiger partial charge in [0, 0.05) is 0 Å². The third-order valence-electron chi connectivity index (χ3n) is 1.50. The predicted molar refractivity (Wildman–Crippen MR) is 41.1 cm³/mol. The molecule has 1 aromatic rings. The molecule has 0 aliphatic carbocycles. The lowest BCUT2D eigenvalue weighted by molar-refractivity contribution is 0.273. The van der Waals surface area contributed by atoms with Crippen molar-refractivity contribution in [3.05, 3.63) is 11.4 Å². The molecule has 0 saturated carbocycles. The molecule has 0 fully saturated rings. The van der Waals surface area contributed by atoms with Crippen LogP contribution >= 0.6 is 0 Å². The Kier molecular flexibility index (Phi) is 2.24. The van der Waals surface area contributed by atoms with Gasteiger partial charge < -0.3 is 5.11 Å². The number of aliphatic hydroxyl groups is 1. The Hall–Kier alpha value is -0.900. The maximum absolute atomic E-state index is 8.80. The van der Waals surface area contributed by atoms with Gasteiger partial charge in [0.25, 0.3) is 0 Å². The Bertz CT molecular complexity index is 242. The van der Waals surface area contributed by atoms with Crippen molar-refractivity contribution >= 4 is 0 Å². The molecule has 0 aliphatic rings. The van der Waals surface area contributed by atoms with Gasteiger partial charge >= 0.3 is 0 Å². The Morgan fingerprint density at radius 1 is 1.45 bits per heavy atom. The standard InChI is InChI=1S/C7H13N3O/c1-5(2)10-8-6(3)7(4-11)9-10/h5,11H,4H2,1-3H3. The molecule has 0 atom stereocenters. The molecule has 0 amide bonds. The SMILES string of the molecule is Cc1nn(C(C)C)nc1CO. The highest BCUT2D eigenvalue weighted by Gasteiger charge is 2.06. The first kappa shape index (κ1) is 8.20. The van der Waals surface area contributed by atoms with E-state index in [1.54, 1.807) is 4.80 Å². The van der Waals surface area contributed by atoms with E-state index in [0.717, 1.165) is 5.69 Å². The summed E-state index contributed by atoms with van der Waals surface area (Å²) in [4.78, 5) is 1.61. The van der Waals surface area contributed by atoms with Crippen molar-refractivity contribution in [3.63, 3.8) is 0 Å². The number of hydrogen-bond donors (Lipinski definition) is 1. The minimum absolute atomic E-state index is 0.0292. The van der Waals surface area contributed by atoms with E-state index in [4.69, 9.17) is 5.11 Å². The molecule has 0 saturated heterocycles. The van der Waals surface area contributed by atoms with Crippen molar-refractivity contribution in [3.8, 4) is 0 Å². The number of hydrogen-bond acceptors (Lipinski definition) is 3. The third-order valence-corrected chi connectivity index (χ3v) is 1.50. The molecule has 1 rings (SSSR count). The van der Waals surface area contributed by atoms with E-state index in [2.05, 4.69) is 10.2 Å². The summed E-state index contributed by atoms with van der Waals surface area (Å²) in [5, 5.41) is 17.0. The molecular weight excluding hydrogens is 142 g/mol. The normalized spacial score (nSPS) is 11.0. The van der Waals surface area contributed by atoms with Gasteiger partial charge in [-0.2, -0.15) is 15.0 Å². The Morgan fingerprint density at radius 3 is 2.36 bits per heavy atom. The summed E-state index contributed by atoms with van der Waals surface area (Å²) in [5.74, 6) is 0. The summed E-state index contributed by atoms with van der Waals surface area (Å²) in [6, 6.07) is 0.258. The summed E-state index contributed by atoms with van der Waals surface area (Å²) in [5.41, 5.74) is 1.47. The maximum atomic E-state index is 8.80. The Balaban J connectivity index is 2.95. The number of aromatic nitrogens is 3. The first-order valence-corrected chi connectivity index (χ1v) is 3.68. The number of aliphatic hydroxyl groups excluding tert-OH is 1. The van der Waals surface area contributed by atoms with Crippen LogP contribution in [0.1, 0.15) is 31.3 Å². The van der Waals surface area contributed by atoms with Gasteiger partial charge in [0.1, 0.15) is 5.69 Å². The minimum Gasteiger partial charge on any atom is -0.390 e. The summed E-state index contributed by atoms with van der Waals surface area (Å²) < 4.78 is 0. The van der Waals surface area contributed by atoms with Gasteiger partial charge in [0.05, 0.1) is 18.3 Å². The number of aryl methyl sites for hydroxylation is 1. The zero-order valence-corrected chi connectivity index (χ0v) is 7.07. The molecule has 62 valence electrons. The zero-order valence-electron chi connectivity index (χ0n) is 7.07. The molecule has 1 N–H and O–H groups in total. The van der Waals surface area contributed by atoms with E-state index in [0.29, 0.717) is 5.69 Å². The van der Waals surface area contributed by atoms with Crippen molar-refractivity contribution in [1.82, 2.24) is 15.0 Å². The molecule has 0 radical (unpaired) electrons. The van der Waals surface area contributed by atoms with Crippen LogP contribution in [0.2, 0.25) is 0 Å². The van der Waals surface area contributed by atoms with Gasteiger partial charge in [-0.1, -0.05) is 0 Å². The second-order valence-electron chi connectivity index (χ2n) is 2.80. The van der Waals surface area contributed by atoms with Crippen LogP contribution in [0.25, 0.3) is 0 Å². The summed E-state index contributed by atoms with van der Waals surface area (Å²) in [6.45, 7) is 5.82. The third kappa shape index (κ3) is 1.57. The van der Waals surface area contributed by atoms with Crippen LogP contribution in [0.15, 0.2) is 0 Å². The lowest BCUT2D eigenvalue weighted by Gasteiger charge is -2.00.